The molecule has 1 aliphatic heterocycles. The number of nitrogens with zero attached hydrogens (tertiary/aromatic N) is 3. The third-order valence-corrected chi connectivity index (χ3v) is 5.96. The summed E-state index contributed by atoms with van der Waals surface area (Å²) in [5, 5.41) is 11.3. The zero-order valence-electron chi connectivity index (χ0n) is 20.5. The van der Waals surface area contributed by atoms with Crippen LogP contribution in [0.4, 0.5) is 5.69 Å². The van der Waals surface area contributed by atoms with E-state index >= 15 is 0 Å². The quantitative estimate of drug-likeness (QED) is 0.448. The minimum absolute atomic E-state index is 0.0400. The van der Waals surface area contributed by atoms with Gasteiger partial charge in [0.05, 0.1) is 24.8 Å². The Kier molecular flexibility index (Phi) is 7.32. The van der Waals surface area contributed by atoms with Crippen LogP contribution in [0.1, 0.15) is 27.2 Å². The van der Waals surface area contributed by atoms with Crippen molar-refractivity contribution in [2.24, 2.45) is 0 Å². The first-order valence-corrected chi connectivity index (χ1v) is 11.7. The maximum atomic E-state index is 13.3. The number of pyridine rings is 1. The first-order chi connectivity index (χ1) is 16.8. The lowest BCUT2D eigenvalue weighted by atomic mass is 10.0. The second kappa shape index (κ2) is 10.4. The van der Waals surface area contributed by atoms with Gasteiger partial charge in [0, 0.05) is 49.1 Å². The molecular weight excluding hydrogens is 450 g/mol. The Labute approximate surface area is 203 Å². The molecule has 1 fully saturated rings. The minimum atomic E-state index is -1.04. The lowest BCUT2D eigenvalue weighted by Gasteiger charge is -2.26. The van der Waals surface area contributed by atoms with Crippen LogP contribution in [-0.2, 0) is 19.1 Å². The van der Waals surface area contributed by atoms with Crippen molar-refractivity contribution in [2.75, 3.05) is 38.7 Å². The first kappa shape index (κ1) is 24.6. The van der Waals surface area contributed by atoms with E-state index in [-0.39, 0.29) is 24.5 Å². The van der Waals surface area contributed by atoms with Gasteiger partial charge in [0.15, 0.2) is 5.60 Å². The molecule has 1 aromatic carbocycles. The summed E-state index contributed by atoms with van der Waals surface area (Å²) in [6, 6.07) is 9.27. The molecule has 1 atom stereocenters. The number of ether oxygens (including phenoxy) is 3. The summed E-state index contributed by atoms with van der Waals surface area (Å²) in [6.07, 6.45) is 2.23. The highest BCUT2D eigenvalue weighted by molar-refractivity contribution is 6.01. The van der Waals surface area contributed by atoms with Crippen LogP contribution in [0.2, 0.25) is 0 Å². The predicted octanol–water partition coefficient (Wildman–Crippen LogP) is 3.00. The smallest absolute Gasteiger partial charge is 0.320 e. The first-order valence-electron chi connectivity index (χ1n) is 11.7. The minimum Gasteiger partial charge on any atom is -0.475 e. The molecule has 0 spiro atoms. The number of carbonyl (C=O) groups is 2. The molecule has 0 bridgehead atoms. The van der Waals surface area contributed by atoms with Crippen molar-refractivity contribution in [2.45, 2.75) is 38.9 Å². The number of carbonyl (C=O) groups excluding carboxylic acids is 2. The Morgan fingerprint density at radius 1 is 1.26 bits per heavy atom. The number of aromatic nitrogens is 3. The van der Waals surface area contributed by atoms with E-state index in [0.29, 0.717) is 37.7 Å². The summed E-state index contributed by atoms with van der Waals surface area (Å²) in [6.45, 7) is 6.99. The molecule has 1 aliphatic rings. The predicted molar refractivity (Wildman–Crippen MR) is 131 cm³/mol. The number of aromatic amines is 1. The normalized spacial score (nSPS) is 18.2. The number of esters is 1. The van der Waals surface area contributed by atoms with Crippen molar-refractivity contribution in [1.29, 1.82) is 0 Å². The van der Waals surface area contributed by atoms with Gasteiger partial charge >= 0.3 is 5.97 Å². The number of hydrogen-bond acceptors (Lipinski definition) is 8. The third kappa shape index (κ3) is 5.44. The molecule has 35 heavy (non-hydrogen) atoms. The summed E-state index contributed by atoms with van der Waals surface area (Å²) in [4.78, 5) is 31.3. The highest BCUT2D eigenvalue weighted by Crippen LogP contribution is 2.31. The molecule has 186 valence electrons. The van der Waals surface area contributed by atoms with E-state index in [9.17, 15) is 9.59 Å². The van der Waals surface area contributed by atoms with Crippen LogP contribution in [0.5, 0.6) is 5.88 Å². The number of methoxy groups -OCH3 is 1. The zero-order chi connectivity index (χ0) is 25.0. The van der Waals surface area contributed by atoms with E-state index in [1.54, 1.807) is 13.1 Å². The standard InChI is InChI=1S/C25H31N5O5/c1-5-34-22(31)14-30-11-10-25(15-30,33-4)24(32)27-18-7-8-20-19(12-18)23(29-28-20)17-6-9-21(26-13-17)35-16(2)3/h6-9,12-13,16H,5,10-11,14-15H2,1-4H3,(H,27,32)(H,28,29). The van der Waals surface area contributed by atoms with E-state index in [2.05, 4.69) is 20.5 Å². The van der Waals surface area contributed by atoms with Gasteiger partial charge in [-0.2, -0.15) is 5.10 Å². The molecule has 3 aromatic rings. The van der Waals surface area contributed by atoms with Crippen LogP contribution in [0.15, 0.2) is 36.5 Å². The molecule has 4 rings (SSSR count). The molecule has 10 heteroatoms. The van der Waals surface area contributed by atoms with E-state index in [1.165, 1.54) is 7.11 Å². The van der Waals surface area contributed by atoms with Gasteiger partial charge in [-0.3, -0.25) is 19.6 Å². The Bertz CT molecular complexity index is 1190. The molecule has 10 nitrogen and oxygen atoms in total. The number of benzene rings is 1. The molecule has 2 aromatic heterocycles. The third-order valence-electron chi connectivity index (χ3n) is 5.96. The van der Waals surface area contributed by atoms with Crippen molar-refractivity contribution in [3.63, 3.8) is 0 Å². The maximum absolute atomic E-state index is 13.3. The van der Waals surface area contributed by atoms with E-state index < -0.39 is 5.60 Å². The van der Waals surface area contributed by atoms with Crippen molar-refractivity contribution >= 4 is 28.5 Å². The molecule has 2 N–H and O–H groups in total. The van der Waals surface area contributed by atoms with Crippen molar-refractivity contribution in [3.05, 3.63) is 36.5 Å². The molecule has 3 heterocycles. The van der Waals surface area contributed by atoms with Gasteiger partial charge < -0.3 is 19.5 Å². The Balaban J connectivity index is 1.50. The summed E-state index contributed by atoms with van der Waals surface area (Å²) >= 11 is 0. The zero-order valence-corrected chi connectivity index (χ0v) is 20.5. The van der Waals surface area contributed by atoms with Gasteiger partial charge in [-0.05, 0) is 51.5 Å². The second-order valence-corrected chi connectivity index (χ2v) is 8.80. The Hall–Kier alpha value is -3.50. The number of amides is 1. The Morgan fingerprint density at radius 3 is 2.77 bits per heavy atom. The van der Waals surface area contributed by atoms with Crippen LogP contribution >= 0.6 is 0 Å². The van der Waals surface area contributed by atoms with E-state index in [1.807, 2.05) is 49.1 Å². The summed E-state index contributed by atoms with van der Waals surface area (Å²) in [5.41, 5.74) is 1.97. The van der Waals surface area contributed by atoms with Crippen molar-refractivity contribution in [1.82, 2.24) is 20.1 Å². The van der Waals surface area contributed by atoms with Crippen LogP contribution in [0.25, 0.3) is 22.2 Å². The highest BCUT2D eigenvalue weighted by atomic mass is 16.5. The molecule has 1 saturated heterocycles. The molecule has 1 unspecified atom stereocenters. The molecule has 0 radical (unpaired) electrons. The van der Waals surface area contributed by atoms with Gasteiger partial charge in [-0.1, -0.05) is 0 Å². The highest BCUT2D eigenvalue weighted by Gasteiger charge is 2.45. The van der Waals surface area contributed by atoms with Gasteiger partial charge in [0.1, 0.15) is 5.69 Å². The number of hydrogen-bond donors (Lipinski definition) is 2. The average molecular weight is 482 g/mol. The number of likely N-dealkylation sites (tertiary alicyclic amines) is 1. The number of anilines is 1. The lowest BCUT2D eigenvalue weighted by Crippen LogP contribution is -2.47. The monoisotopic (exact) mass is 481 g/mol. The molecule has 0 aliphatic carbocycles. The molecule has 0 saturated carbocycles. The van der Waals surface area contributed by atoms with Gasteiger partial charge in [0.25, 0.3) is 5.91 Å². The second-order valence-electron chi connectivity index (χ2n) is 8.80. The number of fused-ring (bicyclic) bond motifs is 1. The fourth-order valence-corrected chi connectivity index (χ4v) is 4.22. The van der Waals surface area contributed by atoms with Crippen molar-refractivity contribution < 1.29 is 23.8 Å². The van der Waals surface area contributed by atoms with E-state index in [0.717, 1.165) is 22.2 Å². The van der Waals surface area contributed by atoms with Crippen molar-refractivity contribution in [3.8, 4) is 17.1 Å². The SMILES string of the molecule is CCOC(=O)CN1CCC(OC)(C(=O)Nc2ccc3[nH]nc(-c4ccc(OC(C)C)nc4)c3c2)C1. The summed E-state index contributed by atoms with van der Waals surface area (Å²) < 4.78 is 16.3. The van der Waals surface area contributed by atoms with E-state index in [4.69, 9.17) is 14.2 Å². The lowest BCUT2D eigenvalue weighted by molar-refractivity contribution is -0.145. The van der Waals surface area contributed by atoms with Crippen LogP contribution in [0.3, 0.4) is 0 Å². The number of rotatable bonds is 9. The van der Waals surface area contributed by atoms with Crippen LogP contribution in [-0.4, -0.2) is 77.0 Å². The van der Waals surface area contributed by atoms with Gasteiger partial charge in [-0.15, -0.1) is 0 Å². The van der Waals surface area contributed by atoms with Crippen LogP contribution in [0, 0.1) is 0 Å². The van der Waals surface area contributed by atoms with Gasteiger partial charge in [0.2, 0.25) is 5.88 Å². The topological polar surface area (TPSA) is 119 Å². The van der Waals surface area contributed by atoms with Gasteiger partial charge in [-0.25, -0.2) is 4.98 Å². The fraction of sp³-hybridized carbons (Fsp3) is 0.440. The average Bonchev–Trinajstić information content (AvgIpc) is 3.44. The Morgan fingerprint density at radius 2 is 2.09 bits per heavy atom. The molecule has 1 amide bonds. The fourth-order valence-electron chi connectivity index (χ4n) is 4.22. The number of H-pyrrole nitrogens is 1. The largest absolute Gasteiger partial charge is 0.475 e. The number of nitrogens with one attached hydrogen (secondary N) is 2. The maximum Gasteiger partial charge on any atom is 0.320 e. The molecular formula is C25H31N5O5. The summed E-state index contributed by atoms with van der Waals surface area (Å²) in [5.74, 6) is -0.0152. The van der Waals surface area contributed by atoms with Crippen LogP contribution < -0.4 is 10.1 Å². The summed E-state index contributed by atoms with van der Waals surface area (Å²) in [7, 11) is 1.52.